The van der Waals surface area contributed by atoms with Crippen LogP contribution in [0.1, 0.15) is 57.8 Å². The Morgan fingerprint density at radius 2 is 1.55 bits per heavy atom. The SMILES string of the molecule is NCC1CC(C2CCCCC2)CC2C(O)C(O)CCC12. The van der Waals surface area contributed by atoms with Crippen LogP contribution >= 0.6 is 0 Å². The number of hydrogen-bond donors (Lipinski definition) is 3. The van der Waals surface area contributed by atoms with E-state index in [1.807, 2.05) is 0 Å². The molecular formula is C17H31NO2. The van der Waals surface area contributed by atoms with E-state index in [0.717, 1.165) is 37.6 Å². The van der Waals surface area contributed by atoms with Crippen LogP contribution in [0.5, 0.6) is 0 Å². The Kier molecular flexibility index (Phi) is 4.68. The minimum atomic E-state index is -0.505. The standard InChI is InChI=1S/C17H31NO2/c18-10-13-8-12(11-4-2-1-3-5-11)9-15-14(13)6-7-16(19)17(15)20/h11-17,19-20H,1-10,18H2. The summed E-state index contributed by atoms with van der Waals surface area (Å²) in [6, 6.07) is 0. The lowest BCUT2D eigenvalue weighted by molar-refractivity contribution is -0.106. The smallest absolute Gasteiger partial charge is 0.0830 e. The Morgan fingerprint density at radius 1 is 0.800 bits per heavy atom. The summed E-state index contributed by atoms with van der Waals surface area (Å²) in [6.45, 7) is 0.757. The van der Waals surface area contributed by atoms with Gasteiger partial charge in [0.2, 0.25) is 0 Å². The first-order valence-electron chi connectivity index (χ1n) is 8.77. The summed E-state index contributed by atoms with van der Waals surface area (Å²) in [7, 11) is 0. The van der Waals surface area contributed by atoms with Gasteiger partial charge in [0.1, 0.15) is 0 Å². The van der Waals surface area contributed by atoms with E-state index in [-0.39, 0.29) is 0 Å². The summed E-state index contributed by atoms with van der Waals surface area (Å²) in [5.41, 5.74) is 6.04. The molecule has 0 heterocycles. The summed E-state index contributed by atoms with van der Waals surface area (Å²) < 4.78 is 0. The zero-order chi connectivity index (χ0) is 14.1. The molecule has 0 aromatic rings. The fourth-order valence-corrected chi connectivity index (χ4v) is 5.46. The first-order chi connectivity index (χ1) is 9.70. The molecule has 3 fully saturated rings. The maximum Gasteiger partial charge on any atom is 0.0830 e. The third-order valence-corrected chi connectivity index (χ3v) is 6.58. The van der Waals surface area contributed by atoms with Crippen LogP contribution in [-0.4, -0.2) is 29.0 Å². The van der Waals surface area contributed by atoms with Crippen LogP contribution < -0.4 is 5.73 Å². The molecule has 0 spiro atoms. The Labute approximate surface area is 122 Å². The highest BCUT2D eigenvalue weighted by Crippen LogP contribution is 2.49. The Balaban J connectivity index is 1.72. The molecule has 0 bridgehead atoms. The van der Waals surface area contributed by atoms with Crippen LogP contribution in [0, 0.1) is 29.6 Å². The molecule has 0 aromatic carbocycles. The number of aliphatic hydroxyl groups excluding tert-OH is 2. The highest BCUT2D eigenvalue weighted by atomic mass is 16.3. The van der Waals surface area contributed by atoms with E-state index in [0.29, 0.717) is 17.8 Å². The number of rotatable bonds is 2. The third-order valence-electron chi connectivity index (χ3n) is 6.58. The summed E-state index contributed by atoms with van der Waals surface area (Å²) in [4.78, 5) is 0. The normalized spacial score (nSPS) is 47.0. The van der Waals surface area contributed by atoms with Crippen molar-refractivity contribution in [1.82, 2.24) is 0 Å². The molecule has 0 radical (unpaired) electrons. The van der Waals surface area contributed by atoms with Gasteiger partial charge in [0.25, 0.3) is 0 Å². The van der Waals surface area contributed by atoms with Crippen molar-refractivity contribution >= 4 is 0 Å². The molecule has 3 heteroatoms. The minimum absolute atomic E-state index is 0.299. The van der Waals surface area contributed by atoms with E-state index >= 15 is 0 Å². The largest absolute Gasteiger partial charge is 0.390 e. The quantitative estimate of drug-likeness (QED) is 0.727. The molecule has 6 atom stereocenters. The molecule has 116 valence electrons. The number of hydrogen-bond acceptors (Lipinski definition) is 3. The summed E-state index contributed by atoms with van der Waals surface area (Å²) >= 11 is 0. The fraction of sp³-hybridized carbons (Fsp3) is 1.00. The van der Waals surface area contributed by atoms with Crippen molar-refractivity contribution in [3.05, 3.63) is 0 Å². The molecule has 3 aliphatic carbocycles. The van der Waals surface area contributed by atoms with Gasteiger partial charge in [0.15, 0.2) is 0 Å². The second kappa shape index (κ2) is 6.33. The lowest BCUT2D eigenvalue weighted by Gasteiger charge is -2.50. The van der Waals surface area contributed by atoms with Gasteiger partial charge in [-0.3, -0.25) is 0 Å². The maximum absolute atomic E-state index is 10.4. The van der Waals surface area contributed by atoms with Crippen molar-refractivity contribution in [3.8, 4) is 0 Å². The van der Waals surface area contributed by atoms with E-state index < -0.39 is 12.2 Å². The van der Waals surface area contributed by atoms with Gasteiger partial charge in [0, 0.05) is 0 Å². The topological polar surface area (TPSA) is 66.5 Å². The van der Waals surface area contributed by atoms with Crippen molar-refractivity contribution in [2.24, 2.45) is 35.3 Å². The molecule has 20 heavy (non-hydrogen) atoms. The molecule has 6 unspecified atom stereocenters. The Morgan fingerprint density at radius 3 is 2.25 bits per heavy atom. The van der Waals surface area contributed by atoms with Crippen molar-refractivity contribution in [1.29, 1.82) is 0 Å². The molecule has 3 rings (SSSR count). The number of nitrogens with two attached hydrogens (primary N) is 1. The summed E-state index contributed by atoms with van der Waals surface area (Å²) in [6.07, 6.45) is 10.1. The molecule has 0 amide bonds. The van der Waals surface area contributed by atoms with Crippen LogP contribution in [0.25, 0.3) is 0 Å². The average Bonchev–Trinajstić information content (AvgIpc) is 2.51. The zero-order valence-electron chi connectivity index (χ0n) is 12.6. The van der Waals surface area contributed by atoms with Crippen LogP contribution in [-0.2, 0) is 0 Å². The monoisotopic (exact) mass is 281 g/mol. The van der Waals surface area contributed by atoms with E-state index in [9.17, 15) is 10.2 Å². The average molecular weight is 281 g/mol. The van der Waals surface area contributed by atoms with E-state index in [2.05, 4.69) is 0 Å². The van der Waals surface area contributed by atoms with Gasteiger partial charge in [0.05, 0.1) is 12.2 Å². The first kappa shape index (κ1) is 14.8. The second-order valence-electron chi connectivity index (χ2n) is 7.59. The molecule has 0 aromatic heterocycles. The Hall–Kier alpha value is -0.120. The molecular weight excluding hydrogens is 250 g/mol. The van der Waals surface area contributed by atoms with Crippen LogP contribution in [0.15, 0.2) is 0 Å². The number of fused-ring (bicyclic) bond motifs is 1. The van der Waals surface area contributed by atoms with Crippen molar-refractivity contribution in [2.75, 3.05) is 6.54 Å². The predicted octanol–water partition coefficient (Wildman–Crippen LogP) is 2.30. The van der Waals surface area contributed by atoms with E-state index in [1.54, 1.807) is 0 Å². The molecule has 3 saturated carbocycles. The molecule has 0 aliphatic heterocycles. The van der Waals surface area contributed by atoms with E-state index in [1.165, 1.54) is 38.5 Å². The molecule has 0 saturated heterocycles. The van der Waals surface area contributed by atoms with Gasteiger partial charge in [-0.25, -0.2) is 0 Å². The van der Waals surface area contributed by atoms with Crippen LogP contribution in [0.4, 0.5) is 0 Å². The summed E-state index contributed by atoms with van der Waals surface area (Å²) in [5, 5.41) is 20.4. The minimum Gasteiger partial charge on any atom is -0.390 e. The molecule has 4 N–H and O–H groups in total. The van der Waals surface area contributed by atoms with Crippen LogP contribution in [0.2, 0.25) is 0 Å². The fourth-order valence-electron chi connectivity index (χ4n) is 5.46. The van der Waals surface area contributed by atoms with Gasteiger partial charge >= 0.3 is 0 Å². The number of aliphatic hydroxyl groups is 2. The molecule has 3 nitrogen and oxygen atoms in total. The van der Waals surface area contributed by atoms with E-state index in [4.69, 9.17) is 5.73 Å². The Bertz CT molecular complexity index is 316. The predicted molar refractivity (Wildman–Crippen MR) is 80.1 cm³/mol. The first-order valence-corrected chi connectivity index (χ1v) is 8.77. The third kappa shape index (κ3) is 2.77. The van der Waals surface area contributed by atoms with Gasteiger partial charge in [-0.15, -0.1) is 0 Å². The van der Waals surface area contributed by atoms with Gasteiger partial charge in [-0.2, -0.15) is 0 Å². The van der Waals surface area contributed by atoms with Crippen LogP contribution in [0.3, 0.4) is 0 Å². The summed E-state index contributed by atoms with van der Waals surface area (Å²) in [5.74, 6) is 3.02. The van der Waals surface area contributed by atoms with Crippen molar-refractivity contribution in [2.45, 2.75) is 70.0 Å². The second-order valence-corrected chi connectivity index (χ2v) is 7.59. The van der Waals surface area contributed by atoms with Crippen molar-refractivity contribution < 1.29 is 10.2 Å². The van der Waals surface area contributed by atoms with Gasteiger partial charge in [-0.05, 0) is 61.8 Å². The lowest BCUT2D eigenvalue weighted by atomic mass is 9.58. The van der Waals surface area contributed by atoms with Gasteiger partial charge < -0.3 is 15.9 Å². The molecule has 3 aliphatic rings. The highest BCUT2D eigenvalue weighted by molar-refractivity contribution is 4.97. The highest BCUT2D eigenvalue weighted by Gasteiger charge is 2.46. The maximum atomic E-state index is 10.4. The van der Waals surface area contributed by atoms with Crippen molar-refractivity contribution in [3.63, 3.8) is 0 Å². The zero-order valence-corrected chi connectivity index (χ0v) is 12.6. The van der Waals surface area contributed by atoms with Gasteiger partial charge in [-0.1, -0.05) is 32.1 Å². The lowest BCUT2D eigenvalue weighted by Crippen LogP contribution is -2.50.